The molecule has 1 aromatic carbocycles. The number of nitrogens with zero attached hydrogens (tertiary/aromatic N) is 2. The van der Waals surface area contributed by atoms with Gasteiger partial charge in [-0.3, -0.25) is 0 Å². The summed E-state index contributed by atoms with van der Waals surface area (Å²) in [7, 11) is 0. The van der Waals surface area contributed by atoms with Crippen molar-refractivity contribution in [3.8, 4) is 11.5 Å². The Kier molecular flexibility index (Phi) is 8.55. The molecule has 0 saturated heterocycles. The predicted octanol–water partition coefficient (Wildman–Crippen LogP) is 5.78. The summed E-state index contributed by atoms with van der Waals surface area (Å²) in [6, 6.07) is 2.31. The van der Waals surface area contributed by atoms with Crippen molar-refractivity contribution in [2.24, 2.45) is 0 Å². The van der Waals surface area contributed by atoms with Gasteiger partial charge in [0.05, 0.1) is 16.9 Å². The minimum absolute atomic E-state index is 0.0324. The molecule has 0 aliphatic heterocycles. The number of hydrogen-bond donors (Lipinski definition) is 3. The highest BCUT2D eigenvalue weighted by Gasteiger charge is 2.34. The van der Waals surface area contributed by atoms with E-state index in [2.05, 4.69) is 34.1 Å². The molecular formula is C18H21F5N4S. The molecule has 28 heavy (non-hydrogen) atoms. The van der Waals surface area contributed by atoms with Crippen molar-refractivity contribution in [2.75, 3.05) is 5.73 Å². The molecule has 0 aliphatic rings. The molecule has 0 aliphatic carbocycles. The number of aromatic nitrogens is 3. The van der Waals surface area contributed by atoms with E-state index < -0.39 is 29.1 Å². The molecule has 0 fully saturated rings. The molecule has 0 bridgehead atoms. The maximum Gasteiger partial charge on any atom is 0.419 e. The Balaban J connectivity index is 0.000000257. The minimum Gasteiger partial charge on any atom is -0.396 e. The first-order valence-corrected chi connectivity index (χ1v) is 8.78. The Morgan fingerprint density at radius 3 is 2.29 bits per heavy atom. The number of hydrogen-bond acceptors (Lipinski definition) is 3. The number of halogens is 5. The number of thiol groups is 1. The van der Waals surface area contributed by atoms with Crippen molar-refractivity contribution in [3.05, 3.63) is 54.0 Å². The highest BCUT2D eigenvalue weighted by atomic mass is 32.1. The van der Waals surface area contributed by atoms with Crippen LogP contribution in [0.15, 0.2) is 41.7 Å². The summed E-state index contributed by atoms with van der Waals surface area (Å²) < 4.78 is 62.9. The molecule has 10 heteroatoms. The summed E-state index contributed by atoms with van der Waals surface area (Å²) in [6.07, 6.45) is 0.720. The zero-order valence-corrected chi connectivity index (χ0v) is 16.4. The van der Waals surface area contributed by atoms with Gasteiger partial charge in [0.2, 0.25) is 0 Å². The molecule has 154 valence electrons. The van der Waals surface area contributed by atoms with Gasteiger partial charge in [0.25, 0.3) is 0 Å². The Bertz CT molecular complexity index is 886. The zero-order chi connectivity index (χ0) is 21.5. The fourth-order valence-electron chi connectivity index (χ4n) is 2.10. The number of H-pyrrole nitrogens is 1. The van der Waals surface area contributed by atoms with Crippen LogP contribution in [0, 0.1) is 11.6 Å². The van der Waals surface area contributed by atoms with Gasteiger partial charge in [-0.05, 0) is 19.1 Å². The lowest BCUT2D eigenvalue weighted by atomic mass is 10.2. The summed E-state index contributed by atoms with van der Waals surface area (Å²) in [5.74, 6) is -1.90. The highest BCUT2D eigenvalue weighted by molar-refractivity contribution is 7.80. The van der Waals surface area contributed by atoms with Crippen LogP contribution < -0.4 is 5.73 Å². The number of rotatable bonds is 2. The molecular weight excluding hydrogens is 399 g/mol. The monoisotopic (exact) mass is 420 g/mol. The number of aryl methyl sites for hydroxylation is 1. The lowest BCUT2D eigenvalue weighted by Crippen LogP contribution is -2.09. The number of benzene rings is 1. The lowest BCUT2D eigenvalue weighted by molar-refractivity contribution is -0.140. The van der Waals surface area contributed by atoms with E-state index in [1.807, 2.05) is 32.3 Å². The first kappa shape index (κ1) is 23.5. The average molecular weight is 420 g/mol. The Morgan fingerprint density at radius 2 is 1.79 bits per heavy atom. The van der Waals surface area contributed by atoms with E-state index in [1.165, 1.54) is 0 Å². The van der Waals surface area contributed by atoms with E-state index >= 15 is 0 Å². The van der Waals surface area contributed by atoms with Crippen molar-refractivity contribution < 1.29 is 22.0 Å². The highest BCUT2D eigenvalue weighted by Crippen LogP contribution is 2.33. The first-order valence-electron chi connectivity index (χ1n) is 8.34. The van der Waals surface area contributed by atoms with Gasteiger partial charge in [0.1, 0.15) is 11.6 Å². The van der Waals surface area contributed by atoms with E-state index in [0.717, 1.165) is 23.0 Å². The number of anilines is 1. The van der Waals surface area contributed by atoms with E-state index in [1.54, 1.807) is 6.20 Å². The smallest absolute Gasteiger partial charge is 0.396 e. The van der Waals surface area contributed by atoms with Crippen LogP contribution in [0.3, 0.4) is 0 Å². The van der Waals surface area contributed by atoms with Gasteiger partial charge in [-0.15, -0.1) is 12.6 Å². The maximum absolute atomic E-state index is 12.6. The number of aromatic amines is 1. The molecule has 3 rings (SSSR count). The van der Waals surface area contributed by atoms with Gasteiger partial charge in [0.15, 0.2) is 5.82 Å². The van der Waals surface area contributed by atoms with Crippen molar-refractivity contribution in [2.45, 2.75) is 38.4 Å². The van der Waals surface area contributed by atoms with Crippen LogP contribution in [0.5, 0.6) is 0 Å². The van der Waals surface area contributed by atoms with E-state index in [0.29, 0.717) is 6.07 Å². The van der Waals surface area contributed by atoms with Crippen LogP contribution in [0.4, 0.5) is 27.6 Å². The van der Waals surface area contributed by atoms with E-state index in [-0.39, 0.29) is 6.07 Å². The number of imidazole rings is 1. The van der Waals surface area contributed by atoms with E-state index in [9.17, 15) is 22.0 Å². The number of nitrogens with two attached hydrogens (primary N) is 1. The van der Waals surface area contributed by atoms with Gasteiger partial charge in [-0.1, -0.05) is 13.8 Å². The van der Waals surface area contributed by atoms with Crippen LogP contribution >= 0.6 is 12.6 Å². The molecule has 0 radical (unpaired) electrons. The third kappa shape index (κ3) is 6.01. The SMILES string of the molecule is CC.CCn1ccnc1-c1cc(S)c[nH]1.Nc1cc(F)c(C(F)(F)F)cc1F. The van der Waals surface area contributed by atoms with E-state index in [4.69, 9.17) is 5.73 Å². The molecule has 2 heterocycles. The number of alkyl halides is 3. The molecule has 0 spiro atoms. The zero-order valence-electron chi connectivity index (χ0n) is 15.5. The topological polar surface area (TPSA) is 59.6 Å². The van der Waals surface area contributed by atoms with Gasteiger partial charge in [0, 0.05) is 36.1 Å². The van der Waals surface area contributed by atoms with Gasteiger partial charge in [-0.2, -0.15) is 13.2 Å². The average Bonchev–Trinajstić information content (AvgIpc) is 3.27. The Hall–Kier alpha value is -2.49. The first-order chi connectivity index (χ1) is 13.1. The van der Waals surface area contributed by atoms with Crippen molar-refractivity contribution in [1.29, 1.82) is 0 Å². The quantitative estimate of drug-likeness (QED) is 0.280. The van der Waals surface area contributed by atoms with Crippen molar-refractivity contribution in [1.82, 2.24) is 14.5 Å². The summed E-state index contributed by atoms with van der Waals surface area (Å²) in [4.78, 5) is 8.32. The molecule has 0 saturated carbocycles. The summed E-state index contributed by atoms with van der Waals surface area (Å²) in [6.45, 7) is 7.02. The third-order valence-corrected chi connectivity index (χ3v) is 3.61. The number of nitrogens with one attached hydrogen (secondary N) is 1. The summed E-state index contributed by atoms with van der Waals surface area (Å²) in [5, 5.41) is 0. The second-order valence-corrected chi connectivity index (χ2v) is 5.68. The van der Waals surface area contributed by atoms with Gasteiger partial charge >= 0.3 is 6.18 Å². The van der Waals surface area contributed by atoms with Crippen molar-refractivity contribution >= 4 is 18.3 Å². The molecule has 4 nitrogen and oxygen atoms in total. The van der Waals surface area contributed by atoms with Crippen LogP contribution in [0.2, 0.25) is 0 Å². The van der Waals surface area contributed by atoms with Crippen LogP contribution in [-0.4, -0.2) is 14.5 Å². The molecule has 0 atom stereocenters. The fourth-order valence-corrected chi connectivity index (χ4v) is 2.29. The maximum atomic E-state index is 12.6. The van der Waals surface area contributed by atoms with Gasteiger partial charge < -0.3 is 15.3 Å². The third-order valence-electron chi connectivity index (χ3n) is 3.36. The van der Waals surface area contributed by atoms with Crippen LogP contribution in [0.1, 0.15) is 26.3 Å². The minimum atomic E-state index is -4.90. The van der Waals surface area contributed by atoms with Gasteiger partial charge in [-0.25, -0.2) is 13.8 Å². The van der Waals surface area contributed by atoms with Crippen LogP contribution in [-0.2, 0) is 12.7 Å². The fraction of sp³-hybridized carbons (Fsp3) is 0.278. The Morgan fingerprint density at radius 1 is 1.14 bits per heavy atom. The second-order valence-electron chi connectivity index (χ2n) is 5.16. The lowest BCUT2D eigenvalue weighted by Gasteiger charge is -2.08. The molecule has 3 N–H and O–H groups in total. The number of nitrogen functional groups attached to an aromatic ring is 1. The Labute approximate surface area is 165 Å². The molecule has 0 unspecified atom stereocenters. The molecule has 0 amide bonds. The molecule has 2 aromatic heterocycles. The normalized spacial score (nSPS) is 10.6. The second kappa shape index (κ2) is 10.2. The predicted molar refractivity (Wildman–Crippen MR) is 102 cm³/mol. The largest absolute Gasteiger partial charge is 0.419 e. The standard InChI is InChI=1S/C9H11N3S.C7H4F5N.C2H6/c1-2-12-4-3-10-9(12)8-5-7(13)6-11-8;8-4-2-6(13)5(9)1-3(4)7(10,11)12;1-2/h3-6,11,13H,2H2,1H3;1-2H,13H2;1-2H3. The molecule has 3 aromatic rings. The van der Waals surface area contributed by atoms with Crippen LogP contribution in [0.25, 0.3) is 11.5 Å². The summed E-state index contributed by atoms with van der Waals surface area (Å²) >= 11 is 4.23. The summed E-state index contributed by atoms with van der Waals surface area (Å²) in [5.41, 5.74) is 3.56. The van der Waals surface area contributed by atoms with Crippen molar-refractivity contribution in [3.63, 3.8) is 0 Å².